The molecule has 1 aromatic heterocycles. The highest BCUT2D eigenvalue weighted by molar-refractivity contribution is 6.01. The summed E-state index contributed by atoms with van der Waals surface area (Å²) in [6.07, 6.45) is 1.55. The van der Waals surface area contributed by atoms with E-state index < -0.39 is 30.3 Å². The van der Waals surface area contributed by atoms with E-state index in [0.717, 1.165) is 25.7 Å². The zero-order valence-electron chi connectivity index (χ0n) is 23.4. The highest BCUT2D eigenvalue weighted by Gasteiger charge is 2.48. The summed E-state index contributed by atoms with van der Waals surface area (Å²) in [7, 11) is 0. The van der Waals surface area contributed by atoms with Crippen LogP contribution in [0.5, 0.6) is 0 Å². The molecule has 41 heavy (non-hydrogen) atoms. The zero-order chi connectivity index (χ0) is 29.5. The van der Waals surface area contributed by atoms with Gasteiger partial charge in [0.2, 0.25) is 5.91 Å². The van der Waals surface area contributed by atoms with Crippen LogP contribution >= 0.6 is 0 Å². The van der Waals surface area contributed by atoms with E-state index in [-0.39, 0.29) is 30.4 Å². The number of amides is 3. The van der Waals surface area contributed by atoms with Crippen molar-refractivity contribution in [2.24, 2.45) is 17.8 Å². The molecule has 2 aliphatic carbocycles. The van der Waals surface area contributed by atoms with Crippen LogP contribution in [0.25, 0.3) is 0 Å². The summed E-state index contributed by atoms with van der Waals surface area (Å²) in [5.41, 5.74) is 0.411. The van der Waals surface area contributed by atoms with Crippen LogP contribution in [0.2, 0.25) is 0 Å². The summed E-state index contributed by atoms with van der Waals surface area (Å²) in [5, 5.41) is 12.1. The second kappa shape index (κ2) is 11.1. The number of ether oxygens (including phenoxy) is 1. The lowest BCUT2D eigenvalue weighted by Crippen LogP contribution is -2.50. The third-order valence-electron chi connectivity index (χ3n) is 8.21. The van der Waals surface area contributed by atoms with Crippen molar-refractivity contribution in [1.29, 1.82) is 0 Å². The number of aromatic nitrogens is 2. The molecule has 2 aromatic rings. The van der Waals surface area contributed by atoms with Crippen molar-refractivity contribution in [1.82, 2.24) is 20.4 Å². The fourth-order valence-electron chi connectivity index (χ4n) is 5.89. The Balaban J connectivity index is 1.36. The first-order valence-electron chi connectivity index (χ1n) is 14.1. The molecule has 2 saturated carbocycles. The lowest BCUT2D eigenvalue weighted by molar-refractivity contribution is -0.157. The lowest BCUT2D eigenvalue weighted by atomic mass is 9.86. The molecule has 1 unspecified atom stereocenters. The molecule has 0 saturated heterocycles. The summed E-state index contributed by atoms with van der Waals surface area (Å²) >= 11 is 0. The minimum Gasteiger partial charge on any atom is -0.360 e. The maximum absolute atomic E-state index is 13.8. The van der Waals surface area contributed by atoms with Crippen LogP contribution in [-0.4, -0.2) is 52.9 Å². The highest BCUT2D eigenvalue weighted by atomic mass is 19.4. The number of nitrogens with one attached hydrogen (secondary N) is 3. The summed E-state index contributed by atoms with van der Waals surface area (Å²) in [6, 6.07) is 5.81. The van der Waals surface area contributed by atoms with Crippen LogP contribution < -0.4 is 16.0 Å². The lowest BCUT2D eigenvalue weighted by Gasteiger charge is -2.35. The van der Waals surface area contributed by atoms with E-state index in [9.17, 15) is 27.6 Å². The van der Waals surface area contributed by atoms with Gasteiger partial charge in [-0.1, -0.05) is 6.07 Å². The van der Waals surface area contributed by atoms with Crippen LogP contribution in [0.1, 0.15) is 74.1 Å². The number of hydrogen-bond donors (Lipinski definition) is 3. The number of carbonyl (C=O) groups is 3. The van der Waals surface area contributed by atoms with E-state index >= 15 is 0 Å². The molecule has 3 amide bonds. The van der Waals surface area contributed by atoms with Gasteiger partial charge < -0.3 is 20.7 Å². The summed E-state index contributed by atoms with van der Waals surface area (Å²) in [6.45, 7) is 3.98. The number of halogens is 3. The van der Waals surface area contributed by atoms with Crippen LogP contribution in [0.15, 0.2) is 30.5 Å². The topological polar surface area (TPSA) is 114 Å². The van der Waals surface area contributed by atoms with E-state index in [1.165, 1.54) is 6.92 Å². The normalized spacial score (nSPS) is 21.4. The Morgan fingerprint density at radius 1 is 1.12 bits per heavy atom. The summed E-state index contributed by atoms with van der Waals surface area (Å²) in [4.78, 5) is 39.8. The van der Waals surface area contributed by atoms with Gasteiger partial charge in [0, 0.05) is 17.9 Å². The van der Waals surface area contributed by atoms with Crippen LogP contribution in [0, 0.1) is 17.8 Å². The van der Waals surface area contributed by atoms with Gasteiger partial charge in [-0.3, -0.25) is 19.1 Å². The number of benzene rings is 1. The first-order chi connectivity index (χ1) is 19.4. The van der Waals surface area contributed by atoms with Crippen molar-refractivity contribution in [3.8, 4) is 0 Å². The molecule has 2 fully saturated rings. The molecule has 0 spiro atoms. The Hall–Kier alpha value is -3.41. The monoisotopic (exact) mass is 575 g/mol. The largest absolute Gasteiger partial charge is 0.405 e. The number of carbonyl (C=O) groups excluding carboxylic acids is 3. The molecular weight excluding hydrogens is 539 g/mol. The van der Waals surface area contributed by atoms with Crippen LogP contribution in [-0.2, 0) is 26.3 Å². The second-order valence-electron chi connectivity index (χ2n) is 11.7. The molecule has 222 valence electrons. The number of rotatable bonds is 10. The van der Waals surface area contributed by atoms with E-state index in [1.54, 1.807) is 35.1 Å². The Morgan fingerprint density at radius 3 is 2.41 bits per heavy atom. The third-order valence-corrected chi connectivity index (χ3v) is 8.21. The molecule has 1 aromatic carbocycles. The molecule has 12 heteroatoms. The molecule has 0 bridgehead atoms. The fraction of sp³-hybridized carbons (Fsp3) is 0.586. The fourth-order valence-corrected chi connectivity index (χ4v) is 5.89. The third kappa shape index (κ3) is 6.42. The molecule has 2 heterocycles. The molecule has 0 radical (unpaired) electrons. The zero-order valence-corrected chi connectivity index (χ0v) is 23.4. The molecule has 3 aliphatic rings. The first-order valence-corrected chi connectivity index (χ1v) is 14.1. The molecule has 5 rings (SSSR count). The Bertz CT molecular complexity index is 1310. The van der Waals surface area contributed by atoms with E-state index in [4.69, 9.17) is 4.74 Å². The SMILES string of the molecule is CC(C)n1nccc1C(=O)N[C@H](C(=O)Nc1ccc2c(c1)CCOC2(C)C(=O)NCC(F)(F)F)C(C1CC1)C1CC1. The van der Waals surface area contributed by atoms with Gasteiger partial charge in [0.25, 0.3) is 11.8 Å². The number of anilines is 1. The van der Waals surface area contributed by atoms with Gasteiger partial charge >= 0.3 is 6.18 Å². The molecule has 1 aliphatic heterocycles. The van der Waals surface area contributed by atoms with Crippen LogP contribution in [0.4, 0.5) is 18.9 Å². The minimum atomic E-state index is -4.54. The van der Waals surface area contributed by atoms with Gasteiger partial charge in [-0.05, 0) is 100.0 Å². The van der Waals surface area contributed by atoms with Crippen molar-refractivity contribution in [3.05, 3.63) is 47.3 Å². The summed E-state index contributed by atoms with van der Waals surface area (Å²) < 4.78 is 45.4. The average Bonchev–Trinajstić information content (AvgIpc) is 3.85. The summed E-state index contributed by atoms with van der Waals surface area (Å²) in [5.74, 6) is -0.773. The molecule has 3 N–H and O–H groups in total. The van der Waals surface area contributed by atoms with E-state index in [0.29, 0.717) is 40.8 Å². The Kier molecular flexibility index (Phi) is 7.88. The molecule has 2 atom stereocenters. The maximum atomic E-state index is 13.8. The maximum Gasteiger partial charge on any atom is 0.405 e. The van der Waals surface area contributed by atoms with Gasteiger partial charge in [0.05, 0.1) is 6.61 Å². The van der Waals surface area contributed by atoms with Crippen molar-refractivity contribution >= 4 is 23.4 Å². The van der Waals surface area contributed by atoms with Crippen LogP contribution in [0.3, 0.4) is 0 Å². The van der Waals surface area contributed by atoms with E-state index in [2.05, 4.69) is 15.7 Å². The predicted octanol–water partition coefficient (Wildman–Crippen LogP) is 4.10. The minimum absolute atomic E-state index is 0.0265. The van der Waals surface area contributed by atoms with Gasteiger partial charge in [0.15, 0.2) is 5.60 Å². The van der Waals surface area contributed by atoms with Crippen molar-refractivity contribution in [2.45, 2.75) is 76.7 Å². The van der Waals surface area contributed by atoms with Gasteiger partial charge in [0.1, 0.15) is 18.3 Å². The average molecular weight is 576 g/mol. The highest BCUT2D eigenvalue weighted by Crippen LogP contribution is 2.51. The molecular formula is C29H36F3N5O4. The number of fused-ring (bicyclic) bond motifs is 1. The van der Waals surface area contributed by atoms with Crippen molar-refractivity contribution < 1.29 is 32.3 Å². The first kappa shape index (κ1) is 29.1. The van der Waals surface area contributed by atoms with Gasteiger partial charge in [-0.2, -0.15) is 18.3 Å². The Labute approximate surface area is 236 Å². The number of nitrogens with zero attached hydrogens (tertiary/aromatic N) is 2. The van der Waals surface area contributed by atoms with Gasteiger partial charge in [-0.15, -0.1) is 0 Å². The number of alkyl halides is 3. The predicted molar refractivity (Wildman–Crippen MR) is 144 cm³/mol. The van der Waals surface area contributed by atoms with Crippen molar-refractivity contribution in [3.63, 3.8) is 0 Å². The van der Waals surface area contributed by atoms with Crippen molar-refractivity contribution in [2.75, 3.05) is 18.5 Å². The standard InChI is InChI=1S/C29H36F3N5O4/c1-16(2)37-22(10-12-34-37)25(38)36-24(23(17-4-5-17)18-6-7-18)26(39)35-20-8-9-21-19(14-20)11-13-41-28(21,3)27(40)33-15-29(30,31)32/h8-10,12,14,16-18,23-24H,4-7,11,13,15H2,1-3H3,(H,33,40)(H,35,39)(H,36,38)/t24-,28?/m0/s1. The van der Waals surface area contributed by atoms with Gasteiger partial charge in [-0.25, -0.2) is 0 Å². The molecule has 9 nitrogen and oxygen atoms in total. The smallest absolute Gasteiger partial charge is 0.360 e. The quantitative estimate of drug-likeness (QED) is 0.395. The Morgan fingerprint density at radius 2 is 1.80 bits per heavy atom. The van der Waals surface area contributed by atoms with E-state index in [1.807, 2.05) is 19.2 Å². The number of hydrogen-bond acceptors (Lipinski definition) is 5. The second-order valence-corrected chi connectivity index (χ2v) is 11.7.